The fraction of sp³-hybridized carbons (Fsp3) is 0.238. The predicted molar refractivity (Wildman–Crippen MR) is 101 cm³/mol. The largest absolute Gasteiger partial charge is 0.354 e. The van der Waals surface area contributed by atoms with Crippen molar-refractivity contribution in [2.24, 2.45) is 0 Å². The average molecular weight is 351 g/mol. The Morgan fingerprint density at radius 2 is 1.92 bits per heavy atom. The summed E-state index contributed by atoms with van der Waals surface area (Å²) >= 11 is 0. The summed E-state index contributed by atoms with van der Waals surface area (Å²) < 4.78 is 13.5. The molecule has 0 aliphatic carbocycles. The molecule has 4 nitrogen and oxygen atoms in total. The summed E-state index contributed by atoms with van der Waals surface area (Å²) in [5, 5.41) is 3.98. The van der Waals surface area contributed by atoms with Crippen LogP contribution in [0.15, 0.2) is 60.8 Å². The lowest BCUT2D eigenvalue weighted by Crippen LogP contribution is -2.35. The van der Waals surface area contributed by atoms with E-state index in [1.165, 1.54) is 12.1 Å². The number of carbonyl (C=O) groups excluding carboxylic acids is 1. The lowest BCUT2D eigenvalue weighted by molar-refractivity contribution is -0.120. The summed E-state index contributed by atoms with van der Waals surface area (Å²) in [4.78, 5) is 18.8. The van der Waals surface area contributed by atoms with Gasteiger partial charge < -0.3 is 10.2 Å². The van der Waals surface area contributed by atoms with Crippen LogP contribution in [0.5, 0.6) is 0 Å². The molecule has 0 fully saturated rings. The van der Waals surface area contributed by atoms with E-state index in [1.54, 1.807) is 12.3 Å². The van der Waals surface area contributed by atoms with Crippen LogP contribution in [0.25, 0.3) is 10.9 Å². The molecule has 0 saturated carbocycles. The molecule has 3 rings (SSSR count). The first kappa shape index (κ1) is 18.0. The van der Waals surface area contributed by atoms with E-state index >= 15 is 0 Å². The summed E-state index contributed by atoms with van der Waals surface area (Å²) in [6.07, 6.45) is 1.99. The van der Waals surface area contributed by atoms with Crippen molar-refractivity contribution < 1.29 is 9.18 Å². The van der Waals surface area contributed by atoms with Gasteiger partial charge in [0.2, 0.25) is 5.91 Å². The molecule has 134 valence electrons. The molecule has 5 heteroatoms. The number of halogens is 1. The van der Waals surface area contributed by atoms with Crippen LogP contribution in [0.3, 0.4) is 0 Å². The fourth-order valence-corrected chi connectivity index (χ4v) is 3.07. The highest BCUT2D eigenvalue weighted by atomic mass is 19.1. The Morgan fingerprint density at radius 3 is 2.69 bits per heavy atom. The van der Waals surface area contributed by atoms with Crippen LogP contribution in [0.1, 0.15) is 17.2 Å². The SMILES string of the molecule is CN(C)C(CNC(=O)Cc1cccc2cccnc12)c1cccc(F)c1. The maximum atomic E-state index is 13.5. The van der Waals surface area contributed by atoms with Crippen molar-refractivity contribution in [2.75, 3.05) is 20.6 Å². The maximum Gasteiger partial charge on any atom is 0.224 e. The highest BCUT2D eigenvalue weighted by molar-refractivity contribution is 5.87. The molecule has 0 saturated heterocycles. The van der Waals surface area contributed by atoms with Gasteiger partial charge in [0.15, 0.2) is 0 Å². The number of aromatic nitrogens is 1. The van der Waals surface area contributed by atoms with Crippen LogP contribution in [-0.2, 0) is 11.2 Å². The standard InChI is InChI=1S/C21H22FN3O/c1-25(2)19(16-7-4-10-18(22)12-16)14-24-20(26)13-17-8-3-6-15-9-5-11-23-21(15)17/h3-12,19H,13-14H2,1-2H3,(H,24,26). The molecule has 1 atom stereocenters. The van der Waals surface area contributed by atoms with E-state index in [-0.39, 0.29) is 24.2 Å². The van der Waals surface area contributed by atoms with Crippen LogP contribution >= 0.6 is 0 Å². The van der Waals surface area contributed by atoms with Gasteiger partial charge in [-0.1, -0.05) is 36.4 Å². The molecule has 1 amide bonds. The second kappa shape index (κ2) is 8.06. The molecule has 2 aromatic carbocycles. The molecule has 3 aromatic rings. The van der Waals surface area contributed by atoms with Gasteiger partial charge in [-0.05, 0) is 43.4 Å². The van der Waals surface area contributed by atoms with Crippen LogP contribution in [0.4, 0.5) is 4.39 Å². The van der Waals surface area contributed by atoms with Crippen molar-refractivity contribution in [3.05, 3.63) is 77.7 Å². The van der Waals surface area contributed by atoms with Crippen molar-refractivity contribution in [1.29, 1.82) is 0 Å². The van der Waals surface area contributed by atoms with E-state index in [0.717, 1.165) is 22.0 Å². The third-order valence-electron chi connectivity index (χ3n) is 4.42. The Hall–Kier alpha value is -2.79. The lowest BCUT2D eigenvalue weighted by Gasteiger charge is -2.25. The third kappa shape index (κ3) is 4.24. The van der Waals surface area contributed by atoms with Gasteiger partial charge in [0.25, 0.3) is 0 Å². The van der Waals surface area contributed by atoms with Gasteiger partial charge >= 0.3 is 0 Å². The summed E-state index contributed by atoms with van der Waals surface area (Å²) in [5.41, 5.74) is 2.58. The molecule has 0 radical (unpaired) electrons. The Bertz CT molecular complexity index is 905. The molecule has 0 aliphatic heterocycles. The first-order chi connectivity index (χ1) is 12.5. The van der Waals surface area contributed by atoms with Crippen molar-refractivity contribution in [2.45, 2.75) is 12.5 Å². The maximum absolute atomic E-state index is 13.5. The molecule has 0 spiro atoms. The fourth-order valence-electron chi connectivity index (χ4n) is 3.07. The average Bonchev–Trinajstić information content (AvgIpc) is 2.62. The van der Waals surface area contributed by atoms with Crippen LogP contribution in [0.2, 0.25) is 0 Å². The number of carbonyl (C=O) groups is 1. The Balaban J connectivity index is 1.69. The minimum atomic E-state index is -0.275. The number of likely N-dealkylation sites (N-methyl/N-ethyl adjacent to an activating group) is 1. The summed E-state index contributed by atoms with van der Waals surface area (Å²) in [7, 11) is 3.83. The summed E-state index contributed by atoms with van der Waals surface area (Å²) in [6.45, 7) is 0.410. The normalized spacial score (nSPS) is 12.3. The number of hydrogen-bond donors (Lipinski definition) is 1. The second-order valence-electron chi connectivity index (χ2n) is 6.51. The molecule has 1 N–H and O–H groups in total. The van der Waals surface area contributed by atoms with Crippen molar-refractivity contribution in [3.63, 3.8) is 0 Å². The lowest BCUT2D eigenvalue weighted by atomic mass is 10.0. The zero-order chi connectivity index (χ0) is 18.5. The van der Waals surface area contributed by atoms with Gasteiger partial charge in [-0.2, -0.15) is 0 Å². The molecule has 1 aromatic heterocycles. The van der Waals surface area contributed by atoms with Gasteiger partial charge in [-0.15, -0.1) is 0 Å². The molecular weight excluding hydrogens is 329 g/mol. The smallest absolute Gasteiger partial charge is 0.224 e. The molecule has 1 unspecified atom stereocenters. The van der Waals surface area contributed by atoms with E-state index in [1.807, 2.05) is 55.4 Å². The Kier molecular flexibility index (Phi) is 5.58. The molecular formula is C21H22FN3O. The number of nitrogens with one attached hydrogen (secondary N) is 1. The quantitative estimate of drug-likeness (QED) is 0.741. The van der Waals surface area contributed by atoms with E-state index in [4.69, 9.17) is 0 Å². The van der Waals surface area contributed by atoms with E-state index < -0.39 is 0 Å². The van der Waals surface area contributed by atoms with Gasteiger partial charge in [0.1, 0.15) is 5.82 Å². The summed E-state index contributed by atoms with van der Waals surface area (Å²) in [6, 6.07) is 16.1. The van der Waals surface area contributed by atoms with Crippen molar-refractivity contribution >= 4 is 16.8 Å². The number of hydrogen-bond acceptors (Lipinski definition) is 3. The number of para-hydroxylation sites is 1. The molecule has 0 aliphatic rings. The Labute approximate surface area is 152 Å². The number of amides is 1. The molecule has 1 heterocycles. The highest BCUT2D eigenvalue weighted by Crippen LogP contribution is 2.19. The van der Waals surface area contributed by atoms with Gasteiger partial charge in [-0.3, -0.25) is 9.78 Å². The van der Waals surface area contributed by atoms with E-state index in [2.05, 4.69) is 10.3 Å². The van der Waals surface area contributed by atoms with E-state index in [9.17, 15) is 9.18 Å². The number of rotatable bonds is 6. The third-order valence-corrected chi connectivity index (χ3v) is 4.42. The van der Waals surface area contributed by atoms with Crippen LogP contribution < -0.4 is 5.32 Å². The topological polar surface area (TPSA) is 45.2 Å². The highest BCUT2D eigenvalue weighted by Gasteiger charge is 2.16. The number of benzene rings is 2. The zero-order valence-electron chi connectivity index (χ0n) is 14.9. The van der Waals surface area contributed by atoms with Crippen LogP contribution in [-0.4, -0.2) is 36.4 Å². The van der Waals surface area contributed by atoms with Crippen LogP contribution in [0, 0.1) is 5.82 Å². The number of nitrogens with zero attached hydrogens (tertiary/aromatic N) is 2. The van der Waals surface area contributed by atoms with Crippen molar-refractivity contribution in [1.82, 2.24) is 15.2 Å². The van der Waals surface area contributed by atoms with Gasteiger partial charge in [0, 0.05) is 18.1 Å². The first-order valence-corrected chi connectivity index (χ1v) is 8.56. The predicted octanol–water partition coefficient (Wildman–Crippen LogP) is 3.34. The van der Waals surface area contributed by atoms with Crippen molar-refractivity contribution in [3.8, 4) is 0 Å². The number of pyridine rings is 1. The minimum absolute atomic E-state index is 0.0774. The first-order valence-electron chi connectivity index (χ1n) is 8.56. The Morgan fingerprint density at radius 1 is 1.15 bits per heavy atom. The second-order valence-corrected chi connectivity index (χ2v) is 6.51. The van der Waals surface area contributed by atoms with Gasteiger partial charge in [-0.25, -0.2) is 4.39 Å². The minimum Gasteiger partial charge on any atom is -0.354 e. The number of fused-ring (bicyclic) bond motifs is 1. The molecule has 0 bridgehead atoms. The van der Waals surface area contributed by atoms with E-state index in [0.29, 0.717) is 6.54 Å². The monoisotopic (exact) mass is 351 g/mol. The zero-order valence-corrected chi connectivity index (χ0v) is 14.9. The summed E-state index contributed by atoms with van der Waals surface area (Å²) in [5.74, 6) is -0.353. The molecule has 26 heavy (non-hydrogen) atoms. The van der Waals surface area contributed by atoms with Gasteiger partial charge in [0.05, 0.1) is 18.0 Å².